The van der Waals surface area contributed by atoms with Gasteiger partial charge in [0.1, 0.15) is 18.1 Å². The molecule has 3 heterocycles. The second-order valence-corrected chi connectivity index (χ2v) is 11.2. The van der Waals surface area contributed by atoms with Gasteiger partial charge in [-0.25, -0.2) is 9.37 Å². The Morgan fingerprint density at radius 2 is 1.89 bits per heavy atom. The first kappa shape index (κ1) is 24.4. The Labute approximate surface area is 219 Å². The zero-order chi connectivity index (χ0) is 25.8. The van der Waals surface area contributed by atoms with E-state index in [0.29, 0.717) is 64.6 Å². The lowest BCUT2D eigenvalue weighted by Crippen LogP contribution is -2.52. The van der Waals surface area contributed by atoms with Gasteiger partial charge in [0.2, 0.25) is 5.91 Å². The first-order chi connectivity index (χ1) is 17.8. The van der Waals surface area contributed by atoms with Crippen LogP contribution in [-0.2, 0) is 33.8 Å². The van der Waals surface area contributed by atoms with E-state index in [9.17, 15) is 19.1 Å². The molecule has 4 aliphatic rings. The summed E-state index contributed by atoms with van der Waals surface area (Å²) in [5, 5.41) is 10.8. The average Bonchev–Trinajstić information content (AvgIpc) is 3.23. The molecule has 1 aromatic carbocycles. The summed E-state index contributed by atoms with van der Waals surface area (Å²) in [4.78, 5) is 31.5. The molecule has 0 radical (unpaired) electrons. The number of carbonyl (C=O) groups excluding carboxylic acids is 1. The predicted molar refractivity (Wildman–Crippen MR) is 136 cm³/mol. The van der Waals surface area contributed by atoms with Gasteiger partial charge >= 0.3 is 5.97 Å². The van der Waals surface area contributed by atoms with E-state index in [0.717, 1.165) is 22.3 Å². The number of ether oxygens (including phenoxy) is 1. The number of carboxylic acid groups (broad SMARTS) is 1. The van der Waals surface area contributed by atoms with Crippen molar-refractivity contribution in [3.8, 4) is 0 Å². The van der Waals surface area contributed by atoms with Gasteiger partial charge in [-0.05, 0) is 80.3 Å². The van der Waals surface area contributed by atoms with Crippen molar-refractivity contribution in [1.82, 2.24) is 14.5 Å². The Morgan fingerprint density at radius 1 is 1.14 bits per heavy atom. The number of benzene rings is 1. The van der Waals surface area contributed by atoms with Crippen molar-refractivity contribution >= 4 is 34.5 Å². The predicted octanol–water partition coefficient (Wildman–Crippen LogP) is 4.96. The van der Waals surface area contributed by atoms with Crippen LogP contribution in [-0.4, -0.2) is 50.2 Å². The topological polar surface area (TPSA) is 84.7 Å². The molecule has 3 aliphatic carbocycles. The number of nitrogens with zero attached hydrogens (tertiary/aromatic N) is 3. The molecule has 3 fully saturated rings. The summed E-state index contributed by atoms with van der Waals surface area (Å²) in [7, 11) is 0. The number of aromatic nitrogens is 2. The van der Waals surface area contributed by atoms with Gasteiger partial charge in [-0.2, -0.15) is 0 Å². The van der Waals surface area contributed by atoms with Crippen molar-refractivity contribution in [2.45, 2.75) is 63.6 Å². The molecular weight excluding hydrogens is 497 g/mol. The van der Waals surface area contributed by atoms with E-state index in [2.05, 4.69) is 15.6 Å². The summed E-state index contributed by atoms with van der Waals surface area (Å²) in [5.74, 6) is -1.21. The van der Waals surface area contributed by atoms with Crippen molar-refractivity contribution in [2.75, 3.05) is 13.2 Å². The SMILES string of the molecule is O=C(COC12CCC(C(=O)O)(CC1)CC2)N1CCc2c(n(Cc3ccc(F)c(Cl)c3)c3ncccc23)C1. The second-order valence-electron chi connectivity index (χ2n) is 10.8. The lowest BCUT2D eigenvalue weighted by atomic mass is 9.58. The monoisotopic (exact) mass is 525 g/mol. The highest BCUT2D eigenvalue weighted by atomic mass is 35.5. The van der Waals surface area contributed by atoms with E-state index >= 15 is 0 Å². The van der Waals surface area contributed by atoms with Crippen molar-refractivity contribution in [2.24, 2.45) is 5.41 Å². The minimum Gasteiger partial charge on any atom is -0.481 e. The fourth-order valence-corrected chi connectivity index (χ4v) is 6.66. The third-order valence-corrected chi connectivity index (χ3v) is 9.11. The van der Waals surface area contributed by atoms with Crippen molar-refractivity contribution < 1.29 is 23.8 Å². The molecule has 9 heteroatoms. The maximum Gasteiger partial charge on any atom is 0.309 e. The Kier molecular flexibility index (Phi) is 5.99. The normalized spacial score (nSPS) is 24.9. The summed E-state index contributed by atoms with van der Waals surface area (Å²) in [5.41, 5.74) is 2.92. The molecule has 3 saturated carbocycles. The van der Waals surface area contributed by atoms with Gasteiger partial charge in [0, 0.05) is 30.4 Å². The zero-order valence-electron chi connectivity index (χ0n) is 20.5. The molecule has 3 aromatic rings. The van der Waals surface area contributed by atoms with Crippen LogP contribution in [0, 0.1) is 11.2 Å². The fourth-order valence-electron chi connectivity index (χ4n) is 6.46. The number of carboxylic acids is 1. The summed E-state index contributed by atoms with van der Waals surface area (Å²) in [6.45, 7) is 1.51. The third-order valence-electron chi connectivity index (χ3n) is 8.82. The lowest BCUT2D eigenvalue weighted by molar-refractivity contribution is -0.178. The molecule has 7 rings (SSSR count). The quantitative estimate of drug-likeness (QED) is 0.492. The van der Waals surface area contributed by atoms with Crippen molar-refractivity contribution in [1.29, 1.82) is 0 Å². The summed E-state index contributed by atoms with van der Waals surface area (Å²) in [6.07, 6.45) is 6.39. The summed E-state index contributed by atoms with van der Waals surface area (Å²) < 4.78 is 22.1. The molecule has 2 aromatic heterocycles. The smallest absolute Gasteiger partial charge is 0.309 e. The van der Waals surface area contributed by atoms with E-state index in [-0.39, 0.29) is 23.1 Å². The van der Waals surface area contributed by atoms with E-state index in [1.54, 1.807) is 18.3 Å². The van der Waals surface area contributed by atoms with E-state index in [1.807, 2.05) is 11.0 Å². The largest absolute Gasteiger partial charge is 0.481 e. The van der Waals surface area contributed by atoms with Crippen LogP contribution in [0.25, 0.3) is 11.0 Å². The molecule has 194 valence electrons. The number of hydrogen-bond donors (Lipinski definition) is 1. The molecule has 2 bridgehead atoms. The van der Waals surface area contributed by atoms with Crippen LogP contribution >= 0.6 is 11.6 Å². The number of pyridine rings is 1. The van der Waals surface area contributed by atoms with Crippen LogP contribution in [0.3, 0.4) is 0 Å². The minimum atomic E-state index is -0.700. The summed E-state index contributed by atoms with van der Waals surface area (Å²) >= 11 is 6.03. The van der Waals surface area contributed by atoms with Crippen LogP contribution in [0.4, 0.5) is 4.39 Å². The number of aliphatic carboxylic acids is 1. The Hall–Kier alpha value is -2.97. The molecule has 0 unspecified atom stereocenters. The molecule has 1 amide bonds. The minimum absolute atomic E-state index is 0.00144. The van der Waals surface area contributed by atoms with E-state index in [4.69, 9.17) is 16.3 Å². The van der Waals surface area contributed by atoms with Gasteiger partial charge in [0.05, 0.1) is 22.6 Å². The first-order valence-electron chi connectivity index (χ1n) is 12.8. The molecule has 37 heavy (non-hydrogen) atoms. The van der Waals surface area contributed by atoms with Crippen molar-refractivity contribution in [3.05, 3.63) is 64.2 Å². The van der Waals surface area contributed by atoms with Gasteiger partial charge in [0.15, 0.2) is 0 Å². The highest BCUT2D eigenvalue weighted by Gasteiger charge is 2.53. The zero-order valence-corrected chi connectivity index (χ0v) is 21.3. The van der Waals surface area contributed by atoms with Crippen LogP contribution < -0.4 is 0 Å². The van der Waals surface area contributed by atoms with Crippen LogP contribution in [0.1, 0.15) is 55.3 Å². The van der Waals surface area contributed by atoms with Crippen molar-refractivity contribution in [3.63, 3.8) is 0 Å². The van der Waals surface area contributed by atoms with Gasteiger partial charge < -0.3 is 19.3 Å². The van der Waals surface area contributed by atoms with E-state index < -0.39 is 17.2 Å². The van der Waals surface area contributed by atoms with Crippen LogP contribution in [0.2, 0.25) is 5.02 Å². The number of carbonyl (C=O) groups is 2. The molecule has 1 N–H and O–H groups in total. The average molecular weight is 526 g/mol. The lowest BCUT2D eigenvalue weighted by Gasteiger charge is -2.50. The maximum atomic E-state index is 13.7. The highest BCUT2D eigenvalue weighted by Crippen LogP contribution is 2.54. The van der Waals surface area contributed by atoms with Gasteiger partial charge in [-0.1, -0.05) is 17.7 Å². The Balaban J connectivity index is 1.20. The van der Waals surface area contributed by atoms with Gasteiger partial charge in [0.25, 0.3) is 0 Å². The fraction of sp³-hybridized carbons (Fsp3) is 0.464. The molecule has 0 atom stereocenters. The maximum absolute atomic E-state index is 13.7. The molecular formula is C28H29ClFN3O4. The number of fused-ring (bicyclic) bond motifs is 6. The van der Waals surface area contributed by atoms with E-state index in [1.165, 1.54) is 11.6 Å². The Bertz CT molecular complexity index is 1380. The summed E-state index contributed by atoms with van der Waals surface area (Å²) in [6, 6.07) is 8.68. The Morgan fingerprint density at radius 3 is 2.59 bits per heavy atom. The third kappa shape index (κ3) is 4.20. The molecule has 1 aliphatic heterocycles. The standard InChI is InChI=1S/C28H29ClFN3O4/c29-21-14-18(3-4-22(21)30)15-33-23-16-32(13-5-19(23)20-2-1-12-31-25(20)33)24(34)17-37-28-9-6-27(7-10-28,8-11-28)26(35)36/h1-4,12,14H,5-11,13,15-17H2,(H,35,36). The van der Waals surface area contributed by atoms with Crippen LogP contribution in [0.15, 0.2) is 36.5 Å². The number of halogens is 2. The second kappa shape index (κ2) is 9.10. The van der Waals surface area contributed by atoms with Gasteiger partial charge in [-0.3, -0.25) is 9.59 Å². The van der Waals surface area contributed by atoms with Gasteiger partial charge in [-0.15, -0.1) is 0 Å². The first-order valence-corrected chi connectivity index (χ1v) is 13.2. The van der Waals surface area contributed by atoms with Crippen LogP contribution in [0.5, 0.6) is 0 Å². The number of rotatable bonds is 6. The molecule has 0 saturated heterocycles. The molecule has 0 spiro atoms. The number of amides is 1. The highest BCUT2D eigenvalue weighted by molar-refractivity contribution is 6.30. The molecule has 7 nitrogen and oxygen atoms in total. The number of hydrogen-bond acceptors (Lipinski definition) is 4.